The largest absolute Gasteiger partial charge is 0.313 e. The van der Waals surface area contributed by atoms with Gasteiger partial charge in [0.05, 0.1) is 0 Å². The van der Waals surface area contributed by atoms with Crippen molar-refractivity contribution in [1.82, 2.24) is 0 Å². The minimum absolute atomic E-state index is 0.0115. The zero-order chi connectivity index (χ0) is 23.7. The van der Waals surface area contributed by atoms with Gasteiger partial charge >= 0.3 is 0 Å². The van der Waals surface area contributed by atoms with Crippen LogP contribution in [0.15, 0.2) is 48.5 Å². The molecule has 0 spiro atoms. The average Bonchev–Trinajstić information content (AvgIpc) is 2.89. The van der Waals surface area contributed by atoms with Crippen molar-refractivity contribution in [3.05, 3.63) is 70.8 Å². The van der Waals surface area contributed by atoms with Gasteiger partial charge in [0, 0.05) is 23.0 Å². The first-order chi connectivity index (χ1) is 16.7. The van der Waals surface area contributed by atoms with E-state index in [0.717, 1.165) is 47.9 Å². The van der Waals surface area contributed by atoms with Crippen LogP contribution in [0.3, 0.4) is 0 Å². The van der Waals surface area contributed by atoms with E-state index in [4.69, 9.17) is 29.0 Å². The van der Waals surface area contributed by atoms with Crippen LogP contribution in [-0.4, -0.2) is 12.6 Å². The van der Waals surface area contributed by atoms with Crippen LogP contribution in [0.2, 0.25) is 0 Å². The zero-order valence-electron chi connectivity index (χ0n) is 20.5. The summed E-state index contributed by atoms with van der Waals surface area (Å²) in [6.07, 6.45) is 1.27. The number of hydrogen-bond donors (Lipinski definition) is 0. The van der Waals surface area contributed by atoms with Crippen molar-refractivity contribution < 1.29 is 29.0 Å². The summed E-state index contributed by atoms with van der Waals surface area (Å²) in [4.78, 5) is 24.1. The van der Waals surface area contributed by atoms with Crippen LogP contribution in [0, 0.1) is 11.8 Å². The van der Waals surface area contributed by atoms with Crippen molar-refractivity contribution in [3.8, 4) is 0 Å². The van der Waals surface area contributed by atoms with Crippen LogP contribution < -0.4 is 0 Å². The fourth-order valence-electron chi connectivity index (χ4n) is 5.98. The summed E-state index contributed by atoms with van der Waals surface area (Å²) >= 11 is 0. The van der Waals surface area contributed by atoms with E-state index in [2.05, 4.69) is 52.0 Å². The second-order valence-corrected chi connectivity index (χ2v) is 9.52. The van der Waals surface area contributed by atoms with Gasteiger partial charge in [0.1, 0.15) is 0 Å². The molecule has 0 saturated carbocycles. The van der Waals surface area contributed by atoms with Crippen LogP contribution in [0.1, 0.15) is 100 Å². The fourth-order valence-corrected chi connectivity index (χ4v) is 5.98. The molecule has 4 bridgehead atoms. The standard InChI is InChI=1S/C28H36O6/c1-5-17(6-2)23-19-13-9-11-15-21(19)25-29-27(23)33-31-26-22-16-12-10-14-20(22)24(18(7-3)8-4)28(30-26)34-32-25/h9-18,23-28H,5-8H2,1-4H3/t23-,24-,25-,26-,27+,28+/m0/s1. The summed E-state index contributed by atoms with van der Waals surface area (Å²) in [5.41, 5.74) is 4.25. The van der Waals surface area contributed by atoms with Gasteiger partial charge in [-0.1, -0.05) is 102 Å². The monoisotopic (exact) mass is 468 g/mol. The lowest BCUT2D eigenvalue weighted by Gasteiger charge is -2.44. The molecule has 0 aromatic heterocycles. The lowest BCUT2D eigenvalue weighted by molar-refractivity contribution is -0.539. The third-order valence-corrected chi connectivity index (χ3v) is 7.91. The molecule has 0 amide bonds. The molecule has 3 aliphatic rings. The highest BCUT2D eigenvalue weighted by molar-refractivity contribution is 5.35. The molecule has 3 heterocycles. The van der Waals surface area contributed by atoms with Gasteiger partial charge in [0.25, 0.3) is 0 Å². The molecule has 0 radical (unpaired) electrons. The number of hydrogen-bond acceptors (Lipinski definition) is 6. The fraction of sp³-hybridized carbons (Fsp3) is 0.571. The van der Waals surface area contributed by atoms with Crippen molar-refractivity contribution in [2.45, 2.75) is 90.4 Å². The molecule has 5 rings (SSSR count). The predicted molar refractivity (Wildman–Crippen MR) is 126 cm³/mol. The maximum absolute atomic E-state index is 6.34. The summed E-state index contributed by atoms with van der Waals surface area (Å²) in [5, 5.41) is 0. The molecule has 2 aromatic rings. The van der Waals surface area contributed by atoms with Gasteiger partial charge in [-0.15, -0.1) is 0 Å². The van der Waals surface area contributed by atoms with E-state index in [1.165, 1.54) is 0 Å². The highest BCUT2D eigenvalue weighted by atomic mass is 17.3. The van der Waals surface area contributed by atoms with Gasteiger partial charge in [-0.2, -0.15) is 9.78 Å². The number of ether oxygens (including phenoxy) is 2. The normalized spacial score (nSPS) is 30.6. The van der Waals surface area contributed by atoms with E-state index in [0.29, 0.717) is 11.8 Å². The minimum Gasteiger partial charge on any atom is -0.313 e. The van der Waals surface area contributed by atoms with Crippen molar-refractivity contribution >= 4 is 0 Å². The van der Waals surface area contributed by atoms with Crippen molar-refractivity contribution in [2.24, 2.45) is 11.8 Å². The SMILES string of the molecule is CCC(CC)[C@H]1c2ccccc2[C@@H]2OO[C@H]3O[C@@H](OO[C@H]1O2)c1ccccc1[C@@H]3C(CC)CC. The lowest BCUT2D eigenvalue weighted by Crippen LogP contribution is -2.43. The van der Waals surface area contributed by atoms with Gasteiger partial charge in [-0.25, -0.2) is 9.78 Å². The Labute approximate surface area is 202 Å². The van der Waals surface area contributed by atoms with Crippen LogP contribution >= 0.6 is 0 Å². The van der Waals surface area contributed by atoms with Crippen molar-refractivity contribution in [2.75, 3.05) is 0 Å². The Morgan fingerprint density at radius 3 is 1.24 bits per heavy atom. The van der Waals surface area contributed by atoms with Gasteiger partial charge < -0.3 is 9.47 Å². The zero-order valence-corrected chi connectivity index (χ0v) is 20.5. The second-order valence-electron chi connectivity index (χ2n) is 9.52. The highest BCUT2D eigenvalue weighted by Gasteiger charge is 2.46. The Bertz CT molecular complexity index is 878. The number of rotatable bonds is 6. The summed E-state index contributed by atoms with van der Waals surface area (Å²) in [7, 11) is 0. The van der Waals surface area contributed by atoms with E-state index in [1.807, 2.05) is 24.3 Å². The first-order valence-corrected chi connectivity index (χ1v) is 12.8. The third-order valence-electron chi connectivity index (χ3n) is 7.91. The van der Waals surface area contributed by atoms with Gasteiger partial charge in [-0.3, -0.25) is 0 Å². The van der Waals surface area contributed by atoms with E-state index < -0.39 is 25.2 Å². The molecule has 2 aromatic carbocycles. The number of benzene rings is 2. The molecule has 34 heavy (non-hydrogen) atoms. The van der Waals surface area contributed by atoms with Gasteiger partial charge in [0.15, 0.2) is 0 Å². The quantitative estimate of drug-likeness (QED) is 0.424. The third kappa shape index (κ3) is 4.21. The van der Waals surface area contributed by atoms with Gasteiger partial charge in [-0.05, 0) is 23.0 Å². The molecule has 0 N–H and O–H groups in total. The van der Waals surface area contributed by atoms with E-state index in [-0.39, 0.29) is 11.8 Å². The molecular formula is C28H36O6. The molecule has 1 fully saturated rings. The second kappa shape index (κ2) is 10.4. The van der Waals surface area contributed by atoms with Crippen LogP contribution in [0.25, 0.3) is 0 Å². The molecule has 3 aliphatic heterocycles. The molecule has 6 nitrogen and oxygen atoms in total. The smallest absolute Gasteiger partial charge is 0.220 e. The predicted octanol–water partition coefficient (Wildman–Crippen LogP) is 7.05. The summed E-state index contributed by atoms with van der Waals surface area (Å²) in [6, 6.07) is 16.5. The first kappa shape index (κ1) is 23.9. The van der Waals surface area contributed by atoms with Crippen LogP contribution in [0.4, 0.5) is 0 Å². The Morgan fingerprint density at radius 2 is 0.882 bits per heavy atom. The minimum atomic E-state index is -0.727. The molecule has 6 heteroatoms. The molecule has 6 atom stereocenters. The Kier molecular flexibility index (Phi) is 7.35. The molecule has 0 aliphatic carbocycles. The van der Waals surface area contributed by atoms with Gasteiger partial charge in [0.2, 0.25) is 25.2 Å². The van der Waals surface area contributed by atoms with Crippen molar-refractivity contribution in [1.29, 1.82) is 0 Å². The summed E-state index contributed by atoms with van der Waals surface area (Å²) in [5.74, 6) is 0.757. The van der Waals surface area contributed by atoms with E-state index in [1.54, 1.807) is 0 Å². The lowest BCUT2D eigenvalue weighted by atomic mass is 9.78. The van der Waals surface area contributed by atoms with E-state index >= 15 is 0 Å². The first-order valence-electron chi connectivity index (χ1n) is 12.8. The van der Waals surface area contributed by atoms with Crippen LogP contribution in [0.5, 0.6) is 0 Å². The maximum Gasteiger partial charge on any atom is 0.220 e. The van der Waals surface area contributed by atoms with Crippen molar-refractivity contribution in [3.63, 3.8) is 0 Å². The van der Waals surface area contributed by atoms with E-state index in [9.17, 15) is 0 Å². The Hall–Kier alpha value is -1.80. The maximum atomic E-state index is 6.34. The molecule has 0 unspecified atom stereocenters. The van der Waals surface area contributed by atoms with Crippen LogP contribution in [-0.2, 0) is 29.0 Å². The number of fused-ring (bicyclic) bond motifs is 8. The topological polar surface area (TPSA) is 55.4 Å². The Morgan fingerprint density at radius 1 is 0.529 bits per heavy atom. The highest BCUT2D eigenvalue weighted by Crippen LogP contribution is 2.49. The Balaban J connectivity index is 1.54. The molecule has 184 valence electrons. The summed E-state index contributed by atoms with van der Waals surface area (Å²) < 4.78 is 12.7. The average molecular weight is 469 g/mol. The molecule has 1 saturated heterocycles. The summed E-state index contributed by atoms with van der Waals surface area (Å²) in [6.45, 7) is 8.80. The molecular weight excluding hydrogens is 432 g/mol.